The molecule has 1 aromatic rings. The fourth-order valence-electron chi connectivity index (χ4n) is 2.34. The normalized spacial score (nSPS) is 18.6. The molecular weight excluding hydrogens is 238 g/mol. The molecule has 4 nitrogen and oxygen atoms in total. The predicted octanol–water partition coefficient (Wildman–Crippen LogP) is 1.51. The molecular formula is C15H21N3O. The van der Waals surface area contributed by atoms with Crippen molar-refractivity contribution in [1.29, 1.82) is 0 Å². The molecule has 0 heterocycles. The topological polar surface area (TPSA) is 58.4 Å². The molecule has 1 amide bonds. The van der Waals surface area contributed by atoms with Crippen LogP contribution in [0.25, 0.3) is 0 Å². The summed E-state index contributed by atoms with van der Waals surface area (Å²) in [5.74, 6) is 0.156. The van der Waals surface area contributed by atoms with Gasteiger partial charge in [0, 0.05) is 24.3 Å². The molecule has 19 heavy (non-hydrogen) atoms. The zero-order valence-corrected chi connectivity index (χ0v) is 11.1. The Morgan fingerprint density at radius 2 is 2.00 bits per heavy atom. The van der Waals surface area contributed by atoms with E-state index in [2.05, 4.69) is 10.2 Å². The van der Waals surface area contributed by atoms with Crippen LogP contribution in [0.1, 0.15) is 31.2 Å². The Kier molecular flexibility index (Phi) is 3.42. The van der Waals surface area contributed by atoms with Gasteiger partial charge in [0.15, 0.2) is 0 Å². The summed E-state index contributed by atoms with van der Waals surface area (Å²) < 4.78 is 0. The zero-order valence-electron chi connectivity index (χ0n) is 11.1. The average Bonchev–Trinajstić information content (AvgIpc) is 3.24. The maximum Gasteiger partial charge on any atom is 0.234 e. The summed E-state index contributed by atoms with van der Waals surface area (Å²) in [5.41, 5.74) is 7.92. The molecule has 0 saturated heterocycles. The van der Waals surface area contributed by atoms with Gasteiger partial charge in [-0.1, -0.05) is 18.2 Å². The van der Waals surface area contributed by atoms with Crippen LogP contribution >= 0.6 is 0 Å². The van der Waals surface area contributed by atoms with Crippen molar-refractivity contribution in [2.45, 2.75) is 44.3 Å². The monoisotopic (exact) mass is 259 g/mol. The zero-order chi connectivity index (χ0) is 13.2. The molecule has 0 spiro atoms. The van der Waals surface area contributed by atoms with E-state index in [9.17, 15) is 4.79 Å². The van der Waals surface area contributed by atoms with Gasteiger partial charge < -0.3 is 11.1 Å². The van der Waals surface area contributed by atoms with Crippen molar-refractivity contribution in [2.24, 2.45) is 0 Å². The first-order valence-corrected chi connectivity index (χ1v) is 7.09. The number of carbonyl (C=O) groups is 1. The van der Waals surface area contributed by atoms with E-state index in [0.29, 0.717) is 18.6 Å². The van der Waals surface area contributed by atoms with Gasteiger partial charge >= 0.3 is 0 Å². The number of para-hydroxylation sites is 1. The van der Waals surface area contributed by atoms with Crippen LogP contribution in [0.15, 0.2) is 24.3 Å². The molecule has 1 aromatic carbocycles. The highest BCUT2D eigenvalue weighted by atomic mass is 16.2. The summed E-state index contributed by atoms with van der Waals surface area (Å²) in [4.78, 5) is 14.2. The molecule has 0 radical (unpaired) electrons. The van der Waals surface area contributed by atoms with E-state index >= 15 is 0 Å². The Balaban J connectivity index is 1.60. The van der Waals surface area contributed by atoms with E-state index < -0.39 is 0 Å². The van der Waals surface area contributed by atoms with E-state index in [1.807, 2.05) is 24.3 Å². The highest BCUT2D eigenvalue weighted by molar-refractivity contribution is 5.78. The molecule has 4 heteroatoms. The second-order valence-corrected chi connectivity index (χ2v) is 5.68. The second kappa shape index (κ2) is 5.21. The number of rotatable bonds is 6. The largest absolute Gasteiger partial charge is 0.398 e. The molecule has 2 saturated carbocycles. The summed E-state index contributed by atoms with van der Waals surface area (Å²) >= 11 is 0. The molecule has 3 N–H and O–H groups in total. The number of nitrogen functional groups attached to an aromatic ring is 1. The van der Waals surface area contributed by atoms with Gasteiger partial charge in [0.2, 0.25) is 5.91 Å². The van der Waals surface area contributed by atoms with Crippen LogP contribution in [0.4, 0.5) is 5.69 Å². The van der Waals surface area contributed by atoms with Crippen LogP contribution < -0.4 is 11.1 Å². The lowest BCUT2D eigenvalue weighted by Crippen LogP contribution is -2.39. The lowest BCUT2D eigenvalue weighted by atomic mass is 10.1. The highest BCUT2D eigenvalue weighted by Crippen LogP contribution is 2.29. The van der Waals surface area contributed by atoms with Gasteiger partial charge in [0.25, 0.3) is 0 Å². The van der Waals surface area contributed by atoms with Crippen LogP contribution in [-0.4, -0.2) is 29.4 Å². The van der Waals surface area contributed by atoms with E-state index in [4.69, 9.17) is 5.73 Å². The van der Waals surface area contributed by atoms with Gasteiger partial charge in [-0.15, -0.1) is 0 Å². The predicted molar refractivity (Wildman–Crippen MR) is 75.5 cm³/mol. The SMILES string of the molecule is Nc1ccccc1CN(CC(=O)NC1CC1)C1CC1. The maximum atomic E-state index is 11.9. The molecule has 0 aromatic heterocycles. The van der Waals surface area contributed by atoms with E-state index in [1.54, 1.807) is 0 Å². The smallest absolute Gasteiger partial charge is 0.234 e. The number of anilines is 1. The molecule has 3 rings (SSSR count). The summed E-state index contributed by atoms with van der Waals surface area (Å²) in [6.07, 6.45) is 4.68. The lowest BCUT2D eigenvalue weighted by molar-refractivity contribution is -0.122. The molecule has 2 aliphatic carbocycles. The van der Waals surface area contributed by atoms with Crippen molar-refractivity contribution in [2.75, 3.05) is 12.3 Å². The summed E-state index contributed by atoms with van der Waals surface area (Å²) in [6.45, 7) is 1.27. The highest BCUT2D eigenvalue weighted by Gasteiger charge is 2.31. The number of amides is 1. The number of nitrogens with two attached hydrogens (primary N) is 1. The molecule has 2 aliphatic rings. The van der Waals surface area contributed by atoms with Crippen molar-refractivity contribution in [3.63, 3.8) is 0 Å². The van der Waals surface area contributed by atoms with E-state index in [-0.39, 0.29) is 5.91 Å². The summed E-state index contributed by atoms with van der Waals surface area (Å²) in [6, 6.07) is 8.91. The van der Waals surface area contributed by atoms with Crippen molar-refractivity contribution in [3.05, 3.63) is 29.8 Å². The van der Waals surface area contributed by atoms with Crippen LogP contribution in [0.5, 0.6) is 0 Å². The number of benzene rings is 1. The summed E-state index contributed by atoms with van der Waals surface area (Å²) in [5, 5.41) is 3.06. The quantitative estimate of drug-likeness (QED) is 0.761. The molecule has 102 valence electrons. The van der Waals surface area contributed by atoms with Gasteiger partial charge in [0.05, 0.1) is 6.54 Å². The van der Waals surface area contributed by atoms with Crippen molar-refractivity contribution in [1.82, 2.24) is 10.2 Å². The fraction of sp³-hybridized carbons (Fsp3) is 0.533. The van der Waals surface area contributed by atoms with Crippen molar-refractivity contribution in [3.8, 4) is 0 Å². The first-order chi connectivity index (χ1) is 9.22. The molecule has 0 atom stereocenters. The van der Waals surface area contributed by atoms with Crippen LogP contribution in [0.3, 0.4) is 0 Å². The van der Waals surface area contributed by atoms with Crippen molar-refractivity contribution >= 4 is 11.6 Å². The first-order valence-electron chi connectivity index (χ1n) is 7.09. The minimum absolute atomic E-state index is 0.156. The molecule has 0 aliphatic heterocycles. The third-order valence-corrected chi connectivity index (χ3v) is 3.78. The summed E-state index contributed by atoms with van der Waals surface area (Å²) in [7, 11) is 0. The van der Waals surface area contributed by atoms with Crippen molar-refractivity contribution < 1.29 is 4.79 Å². The third-order valence-electron chi connectivity index (χ3n) is 3.78. The van der Waals surface area contributed by atoms with Gasteiger partial charge in [-0.05, 0) is 37.3 Å². The molecule has 0 unspecified atom stereocenters. The number of nitrogens with one attached hydrogen (secondary N) is 1. The third kappa shape index (κ3) is 3.47. The lowest BCUT2D eigenvalue weighted by Gasteiger charge is -2.22. The van der Waals surface area contributed by atoms with Crippen LogP contribution in [0, 0.1) is 0 Å². The maximum absolute atomic E-state index is 11.9. The Bertz CT molecular complexity index is 466. The van der Waals surface area contributed by atoms with Gasteiger partial charge in [0.1, 0.15) is 0 Å². The Labute approximate surface area is 114 Å². The second-order valence-electron chi connectivity index (χ2n) is 5.68. The number of nitrogens with zero attached hydrogens (tertiary/aromatic N) is 1. The number of hydrogen-bond acceptors (Lipinski definition) is 3. The minimum Gasteiger partial charge on any atom is -0.398 e. The molecule has 0 bridgehead atoms. The molecule has 2 fully saturated rings. The fourth-order valence-corrected chi connectivity index (χ4v) is 2.34. The van der Waals surface area contributed by atoms with Crippen LogP contribution in [0.2, 0.25) is 0 Å². The van der Waals surface area contributed by atoms with E-state index in [1.165, 1.54) is 12.8 Å². The number of hydrogen-bond donors (Lipinski definition) is 2. The van der Waals surface area contributed by atoms with Crippen LogP contribution in [-0.2, 0) is 11.3 Å². The van der Waals surface area contributed by atoms with Gasteiger partial charge in [-0.3, -0.25) is 9.69 Å². The van der Waals surface area contributed by atoms with E-state index in [0.717, 1.165) is 30.6 Å². The average molecular weight is 259 g/mol. The van der Waals surface area contributed by atoms with Gasteiger partial charge in [-0.25, -0.2) is 0 Å². The standard InChI is InChI=1S/C15H21N3O/c16-14-4-2-1-3-11(14)9-18(13-7-8-13)10-15(19)17-12-5-6-12/h1-4,12-13H,5-10,16H2,(H,17,19). The number of carbonyl (C=O) groups excluding carboxylic acids is 1. The van der Waals surface area contributed by atoms with Gasteiger partial charge in [-0.2, -0.15) is 0 Å². The Hall–Kier alpha value is -1.55. The Morgan fingerprint density at radius 3 is 2.63 bits per heavy atom. The minimum atomic E-state index is 0.156. The first kappa shape index (κ1) is 12.5. The Morgan fingerprint density at radius 1 is 1.26 bits per heavy atom.